The molecule has 2 amide bonds. The van der Waals surface area contributed by atoms with Crippen LogP contribution in [0.2, 0.25) is 0 Å². The van der Waals surface area contributed by atoms with Gasteiger partial charge in [-0.25, -0.2) is 0 Å². The summed E-state index contributed by atoms with van der Waals surface area (Å²) >= 11 is 0. The smallest absolute Gasteiger partial charge is 0.233 e. The predicted molar refractivity (Wildman–Crippen MR) is 102 cm³/mol. The minimum atomic E-state index is -0.271. The van der Waals surface area contributed by atoms with Gasteiger partial charge in [-0.05, 0) is 36.0 Å². The van der Waals surface area contributed by atoms with Crippen molar-refractivity contribution in [1.82, 2.24) is 5.32 Å². The molecule has 2 aromatic rings. The van der Waals surface area contributed by atoms with E-state index >= 15 is 0 Å². The van der Waals surface area contributed by atoms with Crippen LogP contribution in [0.15, 0.2) is 48.5 Å². The summed E-state index contributed by atoms with van der Waals surface area (Å²) in [5, 5.41) is 5.73. The van der Waals surface area contributed by atoms with Crippen LogP contribution < -0.4 is 10.6 Å². The Kier molecular flexibility index (Phi) is 7.20. The lowest BCUT2D eigenvalue weighted by atomic mass is 10.0. The molecule has 4 heteroatoms. The first-order valence-electron chi connectivity index (χ1n) is 8.85. The summed E-state index contributed by atoms with van der Waals surface area (Å²) in [4.78, 5) is 24.2. The SMILES string of the molecule is CCc1cccc(CC)c1NC(=O)CC(=O)NCCc1ccccc1. The number of para-hydroxylation sites is 1. The first-order valence-corrected chi connectivity index (χ1v) is 8.85. The van der Waals surface area contributed by atoms with Gasteiger partial charge in [-0.3, -0.25) is 9.59 Å². The predicted octanol–water partition coefficient (Wildman–Crippen LogP) is 3.50. The Morgan fingerprint density at radius 2 is 1.48 bits per heavy atom. The van der Waals surface area contributed by atoms with E-state index < -0.39 is 0 Å². The number of rotatable bonds is 8. The summed E-state index contributed by atoms with van der Waals surface area (Å²) < 4.78 is 0. The largest absolute Gasteiger partial charge is 0.355 e. The standard InChI is InChI=1S/C21H26N2O2/c1-3-17-11-8-12-18(4-2)21(17)23-20(25)15-19(24)22-14-13-16-9-6-5-7-10-16/h5-12H,3-4,13-15H2,1-2H3,(H,22,24)(H,23,25). The summed E-state index contributed by atoms with van der Waals surface area (Å²) in [7, 11) is 0. The van der Waals surface area contributed by atoms with Gasteiger partial charge in [-0.15, -0.1) is 0 Å². The van der Waals surface area contributed by atoms with Crippen molar-refractivity contribution < 1.29 is 9.59 Å². The fraction of sp³-hybridized carbons (Fsp3) is 0.333. The van der Waals surface area contributed by atoms with Crippen molar-refractivity contribution in [1.29, 1.82) is 0 Å². The highest BCUT2D eigenvalue weighted by molar-refractivity contribution is 6.04. The number of carbonyl (C=O) groups is 2. The van der Waals surface area contributed by atoms with Gasteiger partial charge >= 0.3 is 0 Å². The number of carbonyl (C=O) groups excluding carboxylic acids is 2. The third-order valence-corrected chi connectivity index (χ3v) is 4.16. The third-order valence-electron chi connectivity index (χ3n) is 4.16. The van der Waals surface area contributed by atoms with Gasteiger partial charge in [0.1, 0.15) is 6.42 Å². The Labute approximate surface area is 149 Å². The average Bonchev–Trinajstić information content (AvgIpc) is 2.62. The van der Waals surface area contributed by atoms with Crippen molar-refractivity contribution in [2.24, 2.45) is 0 Å². The van der Waals surface area contributed by atoms with Crippen LogP contribution in [0.4, 0.5) is 5.69 Å². The number of hydrogen-bond donors (Lipinski definition) is 2. The number of anilines is 1. The molecule has 0 atom stereocenters. The number of aryl methyl sites for hydroxylation is 2. The molecule has 132 valence electrons. The molecule has 25 heavy (non-hydrogen) atoms. The van der Waals surface area contributed by atoms with Crippen molar-refractivity contribution in [2.75, 3.05) is 11.9 Å². The van der Waals surface area contributed by atoms with Crippen LogP contribution in [0.5, 0.6) is 0 Å². The van der Waals surface area contributed by atoms with Crippen molar-refractivity contribution in [3.63, 3.8) is 0 Å². The summed E-state index contributed by atoms with van der Waals surface area (Å²) in [5.41, 5.74) is 4.21. The molecule has 0 aromatic heterocycles. The summed E-state index contributed by atoms with van der Waals surface area (Å²) in [5.74, 6) is -0.520. The van der Waals surface area contributed by atoms with E-state index in [0.29, 0.717) is 6.54 Å². The maximum Gasteiger partial charge on any atom is 0.233 e. The first-order chi connectivity index (χ1) is 12.1. The Bertz CT molecular complexity index is 689. The molecule has 0 spiro atoms. The van der Waals surface area contributed by atoms with Crippen LogP contribution in [0.3, 0.4) is 0 Å². The molecule has 0 aliphatic carbocycles. The lowest BCUT2D eigenvalue weighted by molar-refractivity contribution is -0.126. The second-order valence-electron chi connectivity index (χ2n) is 5.97. The molecular weight excluding hydrogens is 312 g/mol. The maximum atomic E-state index is 12.2. The molecule has 0 aliphatic rings. The number of benzene rings is 2. The van der Waals surface area contributed by atoms with Crippen LogP contribution in [0.25, 0.3) is 0 Å². The zero-order valence-electron chi connectivity index (χ0n) is 15.0. The second kappa shape index (κ2) is 9.62. The molecule has 2 aromatic carbocycles. The van der Waals surface area contributed by atoms with Crippen molar-refractivity contribution >= 4 is 17.5 Å². The minimum Gasteiger partial charge on any atom is -0.355 e. The van der Waals surface area contributed by atoms with Crippen molar-refractivity contribution in [2.45, 2.75) is 39.5 Å². The van der Waals surface area contributed by atoms with E-state index in [1.807, 2.05) is 48.5 Å². The third kappa shape index (κ3) is 5.75. The van der Waals surface area contributed by atoms with E-state index in [2.05, 4.69) is 24.5 Å². The molecule has 0 fully saturated rings. The molecule has 2 N–H and O–H groups in total. The van der Waals surface area contributed by atoms with E-state index in [9.17, 15) is 9.59 Å². The van der Waals surface area contributed by atoms with Gasteiger partial charge in [0.2, 0.25) is 11.8 Å². The van der Waals surface area contributed by atoms with Gasteiger partial charge in [-0.2, -0.15) is 0 Å². The van der Waals surface area contributed by atoms with Gasteiger partial charge in [-0.1, -0.05) is 62.4 Å². The second-order valence-corrected chi connectivity index (χ2v) is 5.97. The topological polar surface area (TPSA) is 58.2 Å². The maximum absolute atomic E-state index is 12.2. The number of amides is 2. The fourth-order valence-electron chi connectivity index (χ4n) is 2.79. The van der Waals surface area contributed by atoms with E-state index in [0.717, 1.165) is 41.6 Å². The molecule has 0 saturated carbocycles. The van der Waals surface area contributed by atoms with E-state index in [4.69, 9.17) is 0 Å². The molecule has 0 unspecified atom stereocenters. The Morgan fingerprint density at radius 1 is 0.840 bits per heavy atom. The normalized spacial score (nSPS) is 10.3. The zero-order chi connectivity index (χ0) is 18.1. The van der Waals surface area contributed by atoms with Crippen LogP contribution in [-0.2, 0) is 28.9 Å². The van der Waals surface area contributed by atoms with Crippen molar-refractivity contribution in [3.05, 3.63) is 65.2 Å². The van der Waals surface area contributed by atoms with Gasteiger partial charge in [0.25, 0.3) is 0 Å². The molecule has 0 bridgehead atoms. The van der Waals surface area contributed by atoms with E-state index in [-0.39, 0.29) is 18.2 Å². The van der Waals surface area contributed by atoms with E-state index in [1.165, 1.54) is 0 Å². The quantitative estimate of drug-likeness (QED) is 0.724. The summed E-state index contributed by atoms with van der Waals surface area (Å²) in [6, 6.07) is 16.0. The van der Waals surface area contributed by atoms with Crippen LogP contribution in [0, 0.1) is 0 Å². The Morgan fingerprint density at radius 3 is 2.08 bits per heavy atom. The molecule has 4 nitrogen and oxygen atoms in total. The van der Waals surface area contributed by atoms with Gasteiger partial charge < -0.3 is 10.6 Å². The molecular formula is C21H26N2O2. The Hall–Kier alpha value is -2.62. The molecule has 0 heterocycles. The van der Waals surface area contributed by atoms with Crippen LogP contribution >= 0.6 is 0 Å². The highest BCUT2D eigenvalue weighted by Crippen LogP contribution is 2.22. The zero-order valence-corrected chi connectivity index (χ0v) is 15.0. The van der Waals surface area contributed by atoms with Crippen LogP contribution in [0.1, 0.15) is 37.0 Å². The van der Waals surface area contributed by atoms with Gasteiger partial charge in [0.15, 0.2) is 0 Å². The molecule has 0 saturated heterocycles. The number of hydrogen-bond acceptors (Lipinski definition) is 2. The lowest BCUT2D eigenvalue weighted by Crippen LogP contribution is -2.30. The first kappa shape index (κ1) is 18.7. The lowest BCUT2D eigenvalue weighted by Gasteiger charge is -2.14. The van der Waals surface area contributed by atoms with Crippen LogP contribution in [-0.4, -0.2) is 18.4 Å². The Balaban J connectivity index is 1.84. The molecule has 2 rings (SSSR count). The highest BCUT2D eigenvalue weighted by Gasteiger charge is 2.13. The summed E-state index contributed by atoms with van der Waals surface area (Å²) in [6.07, 6.45) is 2.28. The monoisotopic (exact) mass is 338 g/mol. The fourth-order valence-corrected chi connectivity index (χ4v) is 2.79. The highest BCUT2D eigenvalue weighted by atomic mass is 16.2. The van der Waals surface area contributed by atoms with E-state index in [1.54, 1.807) is 0 Å². The molecule has 0 aliphatic heterocycles. The molecule has 0 radical (unpaired) electrons. The van der Waals surface area contributed by atoms with Gasteiger partial charge in [0, 0.05) is 12.2 Å². The average molecular weight is 338 g/mol. The summed E-state index contributed by atoms with van der Waals surface area (Å²) in [6.45, 7) is 4.64. The minimum absolute atomic E-state index is 0.157. The number of nitrogens with one attached hydrogen (secondary N) is 2. The van der Waals surface area contributed by atoms with Crippen molar-refractivity contribution in [3.8, 4) is 0 Å². The van der Waals surface area contributed by atoms with Gasteiger partial charge in [0.05, 0.1) is 0 Å².